The molecule has 0 saturated carbocycles. The number of amides is 1. The second kappa shape index (κ2) is 10.2. The largest absolute Gasteiger partial charge is 0.465 e. The lowest BCUT2D eigenvalue weighted by molar-refractivity contribution is -0.526. The highest BCUT2D eigenvalue weighted by Gasteiger charge is 2.67. The van der Waals surface area contributed by atoms with Gasteiger partial charge in [-0.15, -0.1) is 0 Å². The number of nitrogen functional groups attached to an aromatic ring is 1. The smallest absolute Gasteiger partial charge is 0.337 e. The Hall–Kier alpha value is -4.06. The first-order valence-electron chi connectivity index (χ1n) is 12.0. The van der Waals surface area contributed by atoms with Crippen LogP contribution in [0.4, 0.5) is 15.8 Å². The molecule has 2 heterocycles. The normalized spacial score (nSPS) is 23.1. The number of ether oxygens (including phenoxy) is 1. The lowest BCUT2D eigenvalue weighted by Gasteiger charge is -2.30. The summed E-state index contributed by atoms with van der Waals surface area (Å²) in [6.07, 6.45) is -0.503. The van der Waals surface area contributed by atoms with Crippen molar-refractivity contribution in [2.75, 3.05) is 18.2 Å². The first-order chi connectivity index (χ1) is 19.0. The van der Waals surface area contributed by atoms with Crippen LogP contribution in [0, 0.1) is 15.9 Å². The van der Waals surface area contributed by atoms with Gasteiger partial charge in [-0.3, -0.25) is 25.0 Å². The molecule has 4 atom stereocenters. The van der Waals surface area contributed by atoms with E-state index < -0.39 is 58.4 Å². The molecular weight excluding hydrogens is 566 g/mol. The second-order valence-corrected chi connectivity index (χ2v) is 10.4. The zero-order valence-corrected chi connectivity index (χ0v) is 22.3. The highest BCUT2D eigenvalue weighted by molar-refractivity contribution is 6.31. The molecule has 3 aromatic carbocycles. The number of methoxy groups -OCH3 is 1. The summed E-state index contributed by atoms with van der Waals surface area (Å²) in [6, 6.07) is 9.61. The van der Waals surface area contributed by atoms with E-state index in [1.807, 2.05) is 0 Å². The molecule has 10 nitrogen and oxygen atoms in total. The van der Waals surface area contributed by atoms with Crippen LogP contribution in [0.3, 0.4) is 0 Å². The van der Waals surface area contributed by atoms with Gasteiger partial charge in [-0.25, -0.2) is 9.18 Å². The lowest BCUT2D eigenvalue weighted by atomic mass is 9.74. The molecule has 206 valence electrons. The minimum absolute atomic E-state index is 0.0408. The Labute approximate surface area is 236 Å². The number of rotatable bonds is 6. The van der Waals surface area contributed by atoms with Crippen molar-refractivity contribution in [3.8, 4) is 0 Å². The van der Waals surface area contributed by atoms with Crippen LogP contribution in [0.5, 0.6) is 0 Å². The average molecular weight is 587 g/mol. The highest BCUT2D eigenvalue weighted by atomic mass is 35.5. The van der Waals surface area contributed by atoms with Gasteiger partial charge in [0.2, 0.25) is 11.9 Å². The molecule has 1 unspecified atom stereocenters. The number of carbonyl (C=O) groups is 3. The molecule has 4 N–H and O–H groups in total. The number of hydrogen-bond donors (Lipinski definition) is 3. The van der Waals surface area contributed by atoms with Crippen molar-refractivity contribution in [2.45, 2.75) is 30.0 Å². The first kappa shape index (κ1) is 27.5. The molecule has 5 rings (SSSR count). The Balaban J connectivity index is 1.65. The molecule has 1 amide bonds. The van der Waals surface area contributed by atoms with Crippen molar-refractivity contribution in [3.63, 3.8) is 0 Å². The molecule has 0 aromatic heterocycles. The summed E-state index contributed by atoms with van der Waals surface area (Å²) in [4.78, 5) is 51.2. The Morgan fingerprint density at radius 1 is 1.18 bits per heavy atom. The average Bonchev–Trinajstić information content (AvgIpc) is 3.39. The van der Waals surface area contributed by atoms with E-state index in [0.29, 0.717) is 16.3 Å². The predicted octanol–water partition coefficient (Wildman–Crippen LogP) is 4.32. The third-order valence-electron chi connectivity index (χ3n) is 7.39. The van der Waals surface area contributed by atoms with Crippen LogP contribution < -0.4 is 16.4 Å². The summed E-state index contributed by atoms with van der Waals surface area (Å²) in [5.41, 5.74) is 4.64. The number of ketones is 1. The van der Waals surface area contributed by atoms with Crippen molar-refractivity contribution in [3.05, 3.63) is 103 Å². The number of nitrogens with one attached hydrogen (secondary N) is 2. The standard InChI is InChI=1S/C27H21Cl2FN4O6/c1-40-25(36)12-5-8-18(31)15(9-12)21(35)11-20-24(34(38)39)22(14-3-2-4-17(29)23(14)30)27(33-20)16-7-6-13(28)10-19(16)32-26(27)37/h2-10,20,22,24,33H,11,31H2,1H3,(H,32,37)/t20-,22-,24?,27+/m0/s1. The summed E-state index contributed by atoms with van der Waals surface area (Å²) in [5, 5.41) is 18.4. The molecule has 0 aliphatic carbocycles. The molecule has 3 aromatic rings. The zero-order chi connectivity index (χ0) is 28.9. The highest BCUT2D eigenvalue weighted by Crippen LogP contribution is 2.54. The number of nitrogens with zero attached hydrogens (tertiary/aromatic N) is 1. The van der Waals surface area contributed by atoms with Crippen LogP contribution in [0.25, 0.3) is 0 Å². The van der Waals surface area contributed by atoms with Gasteiger partial charge < -0.3 is 15.8 Å². The fourth-order valence-corrected chi connectivity index (χ4v) is 6.04. The zero-order valence-electron chi connectivity index (χ0n) is 20.7. The minimum atomic E-state index is -1.84. The summed E-state index contributed by atoms with van der Waals surface area (Å²) in [5.74, 6) is -4.35. The molecule has 13 heteroatoms. The maximum Gasteiger partial charge on any atom is 0.337 e. The fraction of sp³-hybridized carbons (Fsp3) is 0.222. The second-order valence-electron chi connectivity index (χ2n) is 9.52. The van der Waals surface area contributed by atoms with E-state index in [1.165, 1.54) is 61.7 Å². The van der Waals surface area contributed by atoms with Gasteiger partial charge in [0, 0.05) is 44.4 Å². The van der Waals surface area contributed by atoms with Crippen LogP contribution in [-0.4, -0.2) is 41.8 Å². The van der Waals surface area contributed by atoms with Crippen molar-refractivity contribution in [1.82, 2.24) is 5.32 Å². The van der Waals surface area contributed by atoms with Crippen molar-refractivity contribution < 1.29 is 28.4 Å². The third kappa shape index (κ3) is 4.26. The monoisotopic (exact) mass is 586 g/mol. The number of esters is 1. The van der Waals surface area contributed by atoms with E-state index in [4.69, 9.17) is 33.7 Å². The van der Waals surface area contributed by atoms with Crippen LogP contribution in [0.2, 0.25) is 10.0 Å². The molecule has 0 bridgehead atoms. The summed E-state index contributed by atoms with van der Waals surface area (Å²) >= 11 is 12.2. The number of nitrogens with two attached hydrogens (primary N) is 1. The Morgan fingerprint density at radius 3 is 2.62 bits per heavy atom. The van der Waals surface area contributed by atoms with Gasteiger partial charge in [-0.1, -0.05) is 41.4 Å². The van der Waals surface area contributed by atoms with E-state index in [1.54, 1.807) is 0 Å². The van der Waals surface area contributed by atoms with Crippen LogP contribution in [0.15, 0.2) is 54.6 Å². The van der Waals surface area contributed by atoms with Gasteiger partial charge in [-0.2, -0.15) is 0 Å². The molecule has 1 spiro atoms. The summed E-state index contributed by atoms with van der Waals surface area (Å²) < 4.78 is 20.2. The molecule has 1 fully saturated rings. The van der Waals surface area contributed by atoms with E-state index in [9.17, 15) is 24.5 Å². The SMILES string of the molecule is COC(=O)c1ccc(N)c(C(=O)C[C@@H]2N[C@@]3(C(=O)Nc4cc(Cl)ccc43)[C@@H](c3cccc(Cl)c3F)C2[N+](=O)[O-])c1. The third-order valence-corrected chi connectivity index (χ3v) is 7.91. The maximum absolute atomic E-state index is 15.5. The number of fused-ring (bicyclic) bond motifs is 2. The Bertz CT molecular complexity index is 1600. The number of halogens is 3. The molecule has 1 saturated heterocycles. The molecule has 2 aliphatic rings. The quantitative estimate of drug-likeness (QED) is 0.127. The summed E-state index contributed by atoms with van der Waals surface area (Å²) in [6.45, 7) is 0. The number of nitro groups is 1. The Kier molecular flexibility index (Phi) is 6.99. The molecule has 40 heavy (non-hydrogen) atoms. The molecule has 0 radical (unpaired) electrons. The minimum Gasteiger partial charge on any atom is -0.465 e. The van der Waals surface area contributed by atoms with Gasteiger partial charge in [0.15, 0.2) is 5.78 Å². The topological polar surface area (TPSA) is 154 Å². The van der Waals surface area contributed by atoms with Crippen molar-refractivity contribution in [1.29, 1.82) is 0 Å². The Morgan fingerprint density at radius 2 is 1.93 bits per heavy atom. The van der Waals surface area contributed by atoms with Crippen molar-refractivity contribution >= 4 is 52.2 Å². The van der Waals surface area contributed by atoms with Gasteiger partial charge in [0.05, 0.1) is 29.7 Å². The maximum atomic E-state index is 15.5. The van der Waals surface area contributed by atoms with Gasteiger partial charge >= 0.3 is 5.97 Å². The van der Waals surface area contributed by atoms with E-state index in [0.717, 1.165) is 0 Å². The van der Waals surface area contributed by atoms with Crippen LogP contribution in [0.1, 0.15) is 44.2 Å². The number of anilines is 2. The molecule has 2 aliphatic heterocycles. The number of Topliss-reactive ketones (excluding diaryl/α,β-unsaturated/α-hetero) is 1. The van der Waals surface area contributed by atoms with Gasteiger partial charge in [0.1, 0.15) is 11.4 Å². The first-order valence-corrected chi connectivity index (χ1v) is 12.7. The van der Waals surface area contributed by atoms with Gasteiger partial charge in [0.25, 0.3) is 0 Å². The van der Waals surface area contributed by atoms with E-state index in [-0.39, 0.29) is 27.4 Å². The number of carbonyl (C=O) groups excluding carboxylic acids is 3. The van der Waals surface area contributed by atoms with Crippen LogP contribution >= 0.6 is 23.2 Å². The predicted molar refractivity (Wildman–Crippen MR) is 145 cm³/mol. The van der Waals surface area contributed by atoms with Gasteiger partial charge in [-0.05, 0) is 36.4 Å². The molecular formula is C27H21Cl2FN4O6. The lowest BCUT2D eigenvalue weighted by Crippen LogP contribution is -2.49. The number of benzene rings is 3. The van der Waals surface area contributed by atoms with Crippen LogP contribution in [-0.2, 0) is 15.1 Å². The van der Waals surface area contributed by atoms with E-state index >= 15 is 4.39 Å². The van der Waals surface area contributed by atoms with E-state index in [2.05, 4.69) is 10.6 Å². The van der Waals surface area contributed by atoms with Crippen molar-refractivity contribution in [2.24, 2.45) is 0 Å². The fourth-order valence-electron chi connectivity index (χ4n) is 5.69. The summed E-state index contributed by atoms with van der Waals surface area (Å²) in [7, 11) is 1.18. The number of hydrogen-bond acceptors (Lipinski definition) is 8.